The highest BCUT2D eigenvalue weighted by molar-refractivity contribution is 6.14. The van der Waals surface area contributed by atoms with Crippen molar-refractivity contribution in [3.63, 3.8) is 0 Å². The number of nitrogens with zero attached hydrogens (tertiary/aromatic N) is 1. The lowest BCUT2D eigenvalue weighted by atomic mass is 10.0. The number of fused-ring (bicyclic) bond motifs is 1. The van der Waals surface area contributed by atoms with Gasteiger partial charge in [0, 0.05) is 41.8 Å². The molecule has 0 radical (unpaired) electrons. The lowest BCUT2D eigenvalue weighted by Gasteiger charge is -2.35. The smallest absolute Gasteiger partial charge is 0.355 e. The minimum Gasteiger partial charge on any atom is -0.458 e. The van der Waals surface area contributed by atoms with E-state index in [-0.39, 0.29) is 17.4 Å². The first kappa shape index (κ1) is 20.2. The average molecular weight is 386 g/mol. The number of rotatable bonds is 6. The summed E-state index contributed by atoms with van der Waals surface area (Å²) in [4.78, 5) is 29.9. The number of hydrogen-bond acceptors (Lipinski definition) is 5. The number of piperidine rings is 1. The molecule has 2 heterocycles. The van der Waals surface area contributed by atoms with Crippen LogP contribution in [0.15, 0.2) is 18.2 Å². The standard InChI is InChI=1S/C21H30N4O3/c1-12(2)25-9-7-14(8-10-25)23-15-5-6-17-16(11-15)18(20(22)26)19(24-17)21(27)28-13(3)4/h5-6,11-14,23-24H,7-10H2,1-4H3,(H2,22,26). The fourth-order valence-electron chi connectivity index (χ4n) is 3.76. The van der Waals surface area contributed by atoms with Crippen molar-refractivity contribution in [2.24, 2.45) is 5.73 Å². The molecule has 0 aliphatic carbocycles. The second kappa shape index (κ2) is 8.22. The van der Waals surface area contributed by atoms with Gasteiger partial charge >= 0.3 is 5.97 Å². The number of esters is 1. The van der Waals surface area contributed by atoms with E-state index in [9.17, 15) is 9.59 Å². The van der Waals surface area contributed by atoms with Crippen LogP contribution in [0.5, 0.6) is 0 Å². The van der Waals surface area contributed by atoms with E-state index in [0.29, 0.717) is 23.0 Å². The van der Waals surface area contributed by atoms with E-state index in [1.807, 2.05) is 18.2 Å². The Bertz CT molecular complexity index is 864. The van der Waals surface area contributed by atoms with Crippen molar-refractivity contribution in [3.8, 4) is 0 Å². The van der Waals surface area contributed by atoms with Crippen LogP contribution in [-0.2, 0) is 4.74 Å². The molecule has 1 amide bonds. The molecule has 0 spiro atoms. The first-order valence-electron chi connectivity index (χ1n) is 9.93. The van der Waals surface area contributed by atoms with E-state index in [1.165, 1.54) is 0 Å². The maximum Gasteiger partial charge on any atom is 0.355 e. The number of primary amides is 1. The largest absolute Gasteiger partial charge is 0.458 e. The number of nitrogens with two attached hydrogens (primary N) is 1. The maximum absolute atomic E-state index is 12.4. The minimum atomic E-state index is -0.649. The van der Waals surface area contributed by atoms with Crippen LogP contribution >= 0.6 is 0 Å². The van der Waals surface area contributed by atoms with Crippen molar-refractivity contribution >= 4 is 28.5 Å². The topological polar surface area (TPSA) is 100 Å². The van der Waals surface area contributed by atoms with Crippen molar-refractivity contribution in [1.82, 2.24) is 9.88 Å². The molecule has 3 rings (SSSR count). The number of aromatic amines is 1. The number of carbonyl (C=O) groups excluding carboxylic acids is 2. The summed E-state index contributed by atoms with van der Waals surface area (Å²) in [5.74, 6) is -1.22. The van der Waals surface area contributed by atoms with Crippen LogP contribution in [0.3, 0.4) is 0 Å². The summed E-state index contributed by atoms with van der Waals surface area (Å²) in [7, 11) is 0. The highest BCUT2D eigenvalue weighted by Gasteiger charge is 2.25. The first-order valence-corrected chi connectivity index (χ1v) is 9.93. The number of nitrogens with one attached hydrogen (secondary N) is 2. The van der Waals surface area contributed by atoms with Gasteiger partial charge in [-0.2, -0.15) is 0 Å². The van der Waals surface area contributed by atoms with E-state index >= 15 is 0 Å². The lowest BCUT2D eigenvalue weighted by molar-refractivity contribution is 0.0369. The fraction of sp³-hybridized carbons (Fsp3) is 0.524. The van der Waals surface area contributed by atoms with E-state index < -0.39 is 11.9 Å². The van der Waals surface area contributed by atoms with Crippen LogP contribution in [0.25, 0.3) is 10.9 Å². The Labute approximate surface area is 165 Å². The van der Waals surface area contributed by atoms with Crippen LogP contribution < -0.4 is 11.1 Å². The van der Waals surface area contributed by atoms with Crippen LogP contribution in [0, 0.1) is 0 Å². The average Bonchev–Trinajstić information content (AvgIpc) is 3.00. The molecular weight excluding hydrogens is 356 g/mol. The van der Waals surface area contributed by atoms with Crippen molar-refractivity contribution in [2.75, 3.05) is 18.4 Å². The molecule has 7 heteroatoms. The normalized spacial score (nSPS) is 16.1. The van der Waals surface area contributed by atoms with E-state index in [4.69, 9.17) is 10.5 Å². The summed E-state index contributed by atoms with van der Waals surface area (Å²) in [6.45, 7) is 10.1. The Morgan fingerprint density at radius 2 is 1.89 bits per heavy atom. The summed E-state index contributed by atoms with van der Waals surface area (Å²) in [5, 5.41) is 4.19. The monoisotopic (exact) mass is 386 g/mol. The third-order valence-corrected chi connectivity index (χ3v) is 5.22. The molecule has 0 unspecified atom stereocenters. The Kier molecular flexibility index (Phi) is 5.93. The number of hydrogen-bond donors (Lipinski definition) is 3. The molecule has 2 aromatic rings. The van der Waals surface area contributed by atoms with Gasteiger partial charge in [-0.25, -0.2) is 4.79 Å². The quantitative estimate of drug-likeness (QED) is 0.662. The molecule has 7 nitrogen and oxygen atoms in total. The van der Waals surface area contributed by atoms with E-state index in [2.05, 4.69) is 29.0 Å². The molecule has 0 bridgehead atoms. The number of likely N-dealkylation sites (tertiary alicyclic amines) is 1. The summed E-state index contributed by atoms with van der Waals surface area (Å²) in [6.07, 6.45) is 1.85. The number of ether oxygens (including phenoxy) is 1. The second-order valence-electron chi connectivity index (χ2n) is 8.00. The number of aromatic nitrogens is 1. The van der Waals surface area contributed by atoms with E-state index in [0.717, 1.165) is 31.6 Å². The van der Waals surface area contributed by atoms with Crippen molar-refractivity contribution in [3.05, 3.63) is 29.5 Å². The van der Waals surface area contributed by atoms with Crippen LogP contribution in [-0.4, -0.2) is 53.0 Å². The number of benzene rings is 1. The Hall–Kier alpha value is -2.54. The molecule has 0 atom stereocenters. The molecular formula is C21H30N4O3. The molecule has 1 fully saturated rings. The summed E-state index contributed by atoms with van der Waals surface area (Å²) < 4.78 is 5.24. The predicted molar refractivity (Wildman–Crippen MR) is 111 cm³/mol. The zero-order chi connectivity index (χ0) is 20.4. The zero-order valence-corrected chi connectivity index (χ0v) is 17.0. The van der Waals surface area contributed by atoms with Gasteiger partial charge in [0.2, 0.25) is 0 Å². The van der Waals surface area contributed by atoms with Gasteiger partial charge in [0.05, 0.1) is 11.7 Å². The molecule has 4 N–H and O–H groups in total. The molecule has 1 aliphatic rings. The second-order valence-corrected chi connectivity index (χ2v) is 8.00. The number of anilines is 1. The number of H-pyrrole nitrogens is 1. The van der Waals surface area contributed by atoms with Crippen molar-refractivity contribution in [2.45, 2.75) is 58.7 Å². The Balaban J connectivity index is 1.84. The molecule has 1 aromatic heterocycles. The van der Waals surface area contributed by atoms with Gasteiger partial charge in [0.15, 0.2) is 0 Å². The third-order valence-electron chi connectivity index (χ3n) is 5.22. The molecule has 28 heavy (non-hydrogen) atoms. The third kappa shape index (κ3) is 4.30. The molecule has 1 aromatic carbocycles. The van der Waals surface area contributed by atoms with Crippen molar-refractivity contribution < 1.29 is 14.3 Å². The SMILES string of the molecule is CC(C)OC(=O)c1[nH]c2ccc(NC3CCN(C(C)C)CC3)cc2c1C(N)=O. The van der Waals surface area contributed by atoms with Gasteiger partial charge in [0.1, 0.15) is 5.69 Å². The zero-order valence-electron chi connectivity index (χ0n) is 17.0. The van der Waals surface area contributed by atoms with Gasteiger partial charge < -0.3 is 25.7 Å². The summed E-state index contributed by atoms with van der Waals surface area (Å²) in [6, 6.07) is 6.65. The van der Waals surface area contributed by atoms with Crippen LogP contribution in [0.1, 0.15) is 61.4 Å². The fourth-order valence-corrected chi connectivity index (χ4v) is 3.76. The lowest BCUT2D eigenvalue weighted by Crippen LogP contribution is -2.42. The summed E-state index contributed by atoms with van der Waals surface area (Å²) in [5.41, 5.74) is 7.47. The number of amides is 1. The highest BCUT2D eigenvalue weighted by Crippen LogP contribution is 2.27. The first-order chi connectivity index (χ1) is 13.3. The van der Waals surface area contributed by atoms with Gasteiger partial charge in [-0.1, -0.05) is 0 Å². The van der Waals surface area contributed by atoms with E-state index in [1.54, 1.807) is 13.8 Å². The highest BCUT2D eigenvalue weighted by atomic mass is 16.5. The molecule has 0 saturated carbocycles. The minimum absolute atomic E-state index is 0.110. The maximum atomic E-state index is 12.4. The number of carbonyl (C=O) groups is 2. The van der Waals surface area contributed by atoms with Gasteiger partial charge in [-0.3, -0.25) is 4.79 Å². The van der Waals surface area contributed by atoms with Crippen LogP contribution in [0.4, 0.5) is 5.69 Å². The Morgan fingerprint density at radius 1 is 1.21 bits per heavy atom. The van der Waals surface area contributed by atoms with Gasteiger partial charge in [0.25, 0.3) is 5.91 Å². The van der Waals surface area contributed by atoms with Gasteiger partial charge in [-0.05, 0) is 58.7 Å². The Morgan fingerprint density at radius 3 is 2.46 bits per heavy atom. The van der Waals surface area contributed by atoms with Gasteiger partial charge in [-0.15, -0.1) is 0 Å². The molecule has 152 valence electrons. The van der Waals surface area contributed by atoms with Crippen LogP contribution in [0.2, 0.25) is 0 Å². The molecule has 1 aliphatic heterocycles. The molecule has 1 saturated heterocycles. The van der Waals surface area contributed by atoms with Crippen molar-refractivity contribution in [1.29, 1.82) is 0 Å². The summed E-state index contributed by atoms with van der Waals surface area (Å²) >= 11 is 0. The predicted octanol–water partition coefficient (Wildman–Crippen LogP) is 3.12.